The normalized spacial score (nSPS) is 16.6. The van der Waals surface area contributed by atoms with Crippen LogP contribution < -0.4 is 24.0 Å². The summed E-state index contributed by atoms with van der Waals surface area (Å²) in [5.74, 6) is 4.77. The van der Waals surface area contributed by atoms with Crippen molar-refractivity contribution in [1.82, 2.24) is 9.97 Å². The number of ether oxygens (including phenoxy) is 3. The maximum atomic E-state index is 5.87. The Morgan fingerprint density at radius 1 is 0.879 bits per heavy atom. The average molecular weight is 449 g/mol. The van der Waals surface area contributed by atoms with E-state index < -0.39 is 0 Å². The number of piperazine rings is 1. The fourth-order valence-corrected chi connectivity index (χ4v) is 4.70. The van der Waals surface area contributed by atoms with Gasteiger partial charge in [-0.05, 0) is 38.0 Å². The van der Waals surface area contributed by atoms with E-state index in [1.807, 2.05) is 31.2 Å². The molecule has 2 fully saturated rings. The Balaban J connectivity index is 1.47. The lowest BCUT2D eigenvalue weighted by molar-refractivity contribution is 0.340. The summed E-state index contributed by atoms with van der Waals surface area (Å²) in [7, 11) is 3.33. The molecule has 7 nitrogen and oxygen atoms in total. The number of hydrogen-bond acceptors (Lipinski definition) is 7. The molecule has 1 aliphatic heterocycles. The van der Waals surface area contributed by atoms with Crippen LogP contribution in [0.25, 0.3) is 10.9 Å². The lowest BCUT2D eigenvalue weighted by Crippen LogP contribution is -2.47. The zero-order valence-corrected chi connectivity index (χ0v) is 19.7. The molecule has 5 rings (SSSR count). The molecule has 1 aromatic heterocycles. The number of anilines is 2. The number of benzene rings is 2. The summed E-state index contributed by atoms with van der Waals surface area (Å²) in [5, 5.41) is 1.01. The van der Waals surface area contributed by atoms with E-state index in [4.69, 9.17) is 24.2 Å². The van der Waals surface area contributed by atoms with Crippen molar-refractivity contribution >= 4 is 22.4 Å². The summed E-state index contributed by atoms with van der Waals surface area (Å²) in [5.41, 5.74) is 2.08. The van der Waals surface area contributed by atoms with Gasteiger partial charge in [-0.15, -0.1) is 0 Å². The molecule has 2 aliphatic rings. The Kier molecular flexibility index (Phi) is 6.11. The zero-order chi connectivity index (χ0) is 22.8. The van der Waals surface area contributed by atoms with Gasteiger partial charge >= 0.3 is 0 Å². The molecule has 0 bridgehead atoms. The lowest BCUT2D eigenvalue weighted by atomic mass is 9.85. The van der Waals surface area contributed by atoms with E-state index >= 15 is 0 Å². The quantitative estimate of drug-likeness (QED) is 0.522. The number of rotatable bonds is 7. The molecule has 33 heavy (non-hydrogen) atoms. The van der Waals surface area contributed by atoms with Gasteiger partial charge in [0.2, 0.25) is 0 Å². The van der Waals surface area contributed by atoms with Crippen molar-refractivity contribution in [2.24, 2.45) is 0 Å². The Labute approximate surface area is 195 Å². The molecule has 174 valence electrons. The second-order valence-corrected chi connectivity index (χ2v) is 8.63. The second-order valence-electron chi connectivity index (χ2n) is 8.63. The first-order valence-corrected chi connectivity index (χ1v) is 11.9. The van der Waals surface area contributed by atoms with E-state index in [0.717, 1.165) is 60.2 Å². The van der Waals surface area contributed by atoms with Gasteiger partial charge in [-0.2, -0.15) is 0 Å². The molecule has 1 aliphatic carbocycles. The smallest absolute Gasteiger partial charge is 0.162 e. The molecule has 0 radical (unpaired) electrons. The number of fused-ring (bicyclic) bond motifs is 1. The van der Waals surface area contributed by atoms with Crippen LogP contribution in [0, 0.1) is 0 Å². The first kappa shape index (κ1) is 21.6. The van der Waals surface area contributed by atoms with Crippen LogP contribution in [0.15, 0.2) is 36.4 Å². The topological polar surface area (TPSA) is 60.0 Å². The molecular formula is C26H32N4O3. The molecule has 0 amide bonds. The minimum absolute atomic E-state index is 0.459. The van der Waals surface area contributed by atoms with Crippen molar-refractivity contribution < 1.29 is 14.2 Å². The molecule has 0 N–H and O–H groups in total. The van der Waals surface area contributed by atoms with Gasteiger partial charge in [0, 0.05) is 43.5 Å². The summed E-state index contributed by atoms with van der Waals surface area (Å²) in [6.07, 6.45) is 3.59. The highest BCUT2D eigenvalue weighted by atomic mass is 16.5. The van der Waals surface area contributed by atoms with Crippen LogP contribution in [-0.4, -0.2) is 57.0 Å². The summed E-state index contributed by atoms with van der Waals surface area (Å²) in [6, 6.07) is 12.3. The molecule has 1 saturated carbocycles. The van der Waals surface area contributed by atoms with Gasteiger partial charge in [0.25, 0.3) is 0 Å². The van der Waals surface area contributed by atoms with Crippen LogP contribution in [0.1, 0.15) is 37.9 Å². The fourth-order valence-electron chi connectivity index (χ4n) is 4.70. The zero-order valence-electron chi connectivity index (χ0n) is 19.7. The van der Waals surface area contributed by atoms with Gasteiger partial charge in [0.15, 0.2) is 11.5 Å². The Morgan fingerprint density at radius 3 is 2.24 bits per heavy atom. The SMILES string of the molecule is CCOc1ccccc1N1CCN(c2nc(C3CCC3)nc3cc(OC)c(OC)cc23)CC1. The van der Waals surface area contributed by atoms with Crippen LogP contribution >= 0.6 is 0 Å². The predicted molar refractivity (Wildman–Crippen MR) is 131 cm³/mol. The minimum Gasteiger partial charge on any atom is -0.493 e. The summed E-state index contributed by atoms with van der Waals surface area (Å²) >= 11 is 0. The van der Waals surface area contributed by atoms with Gasteiger partial charge in [-0.3, -0.25) is 0 Å². The number of para-hydroxylation sites is 2. The Hall–Kier alpha value is -3.22. The third kappa shape index (κ3) is 4.12. The molecule has 0 atom stereocenters. The molecule has 0 spiro atoms. The monoisotopic (exact) mass is 448 g/mol. The average Bonchev–Trinajstić information content (AvgIpc) is 2.82. The molecule has 2 heterocycles. The molecule has 7 heteroatoms. The van der Waals surface area contributed by atoms with Crippen molar-refractivity contribution in [2.45, 2.75) is 32.1 Å². The first-order valence-electron chi connectivity index (χ1n) is 11.9. The summed E-state index contributed by atoms with van der Waals surface area (Å²) in [6.45, 7) is 6.26. The highest BCUT2D eigenvalue weighted by molar-refractivity contribution is 5.92. The van der Waals surface area contributed by atoms with Crippen LogP contribution in [0.5, 0.6) is 17.2 Å². The highest BCUT2D eigenvalue weighted by Crippen LogP contribution is 2.40. The van der Waals surface area contributed by atoms with E-state index in [1.54, 1.807) is 14.2 Å². The predicted octanol–water partition coefficient (Wildman–Crippen LogP) is 4.64. The second kappa shape index (κ2) is 9.33. The third-order valence-electron chi connectivity index (χ3n) is 6.75. The number of nitrogens with zero attached hydrogens (tertiary/aromatic N) is 4. The molecular weight excluding hydrogens is 416 g/mol. The fraction of sp³-hybridized carbons (Fsp3) is 0.462. The van der Waals surface area contributed by atoms with E-state index in [1.165, 1.54) is 19.3 Å². The number of hydrogen-bond donors (Lipinski definition) is 0. The molecule has 0 unspecified atom stereocenters. The van der Waals surface area contributed by atoms with Gasteiger partial charge in [-0.25, -0.2) is 9.97 Å². The molecule has 3 aromatic rings. The van der Waals surface area contributed by atoms with Crippen molar-refractivity contribution in [2.75, 3.05) is 56.8 Å². The Morgan fingerprint density at radius 2 is 1.58 bits per heavy atom. The number of aromatic nitrogens is 2. The van der Waals surface area contributed by atoms with E-state index in [-0.39, 0.29) is 0 Å². The minimum atomic E-state index is 0.459. The van der Waals surface area contributed by atoms with Crippen molar-refractivity contribution in [3.8, 4) is 17.2 Å². The van der Waals surface area contributed by atoms with Crippen LogP contribution in [0.4, 0.5) is 11.5 Å². The highest BCUT2D eigenvalue weighted by Gasteiger charge is 2.27. The van der Waals surface area contributed by atoms with Crippen molar-refractivity contribution in [3.63, 3.8) is 0 Å². The largest absolute Gasteiger partial charge is 0.493 e. The standard InChI is InChI=1S/C26H32N4O3/c1-4-33-22-11-6-5-10-21(22)29-12-14-30(15-13-29)26-19-16-23(31-2)24(32-3)17-20(19)27-25(28-26)18-8-7-9-18/h5-6,10-11,16-18H,4,7-9,12-15H2,1-3H3. The maximum absolute atomic E-state index is 5.87. The molecule has 2 aromatic carbocycles. The maximum Gasteiger partial charge on any atom is 0.162 e. The summed E-state index contributed by atoms with van der Waals surface area (Å²) in [4.78, 5) is 14.8. The van der Waals surface area contributed by atoms with Crippen molar-refractivity contribution in [3.05, 3.63) is 42.2 Å². The van der Waals surface area contributed by atoms with Crippen LogP contribution in [0.3, 0.4) is 0 Å². The summed E-state index contributed by atoms with van der Waals surface area (Å²) < 4.78 is 17.0. The van der Waals surface area contributed by atoms with E-state index in [2.05, 4.69) is 21.9 Å². The van der Waals surface area contributed by atoms with Crippen molar-refractivity contribution in [1.29, 1.82) is 0 Å². The third-order valence-corrected chi connectivity index (χ3v) is 6.75. The first-order chi connectivity index (χ1) is 16.2. The van der Waals surface area contributed by atoms with Gasteiger partial charge in [0.1, 0.15) is 17.4 Å². The van der Waals surface area contributed by atoms with Crippen LogP contribution in [-0.2, 0) is 0 Å². The van der Waals surface area contributed by atoms with E-state index in [9.17, 15) is 0 Å². The van der Waals surface area contributed by atoms with E-state index in [0.29, 0.717) is 24.0 Å². The lowest BCUT2D eigenvalue weighted by Gasteiger charge is -2.38. The van der Waals surface area contributed by atoms with Gasteiger partial charge in [0.05, 0.1) is 32.0 Å². The number of methoxy groups -OCH3 is 2. The Bertz CT molecular complexity index is 1120. The van der Waals surface area contributed by atoms with Gasteiger partial charge in [-0.1, -0.05) is 18.6 Å². The molecule has 1 saturated heterocycles. The van der Waals surface area contributed by atoms with Crippen LogP contribution in [0.2, 0.25) is 0 Å². The van der Waals surface area contributed by atoms with Gasteiger partial charge < -0.3 is 24.0 Å².